The van der Waals surface area contributed by atoms with Gasteiger partial charge in [0.05, 0.1) is 18.7 Å². The predicted octanol–water partition coefficient (Wildman–Crippen LogP) is 1.62. The Balaban J connectivity index is 2.78. The Morgan fingerprint density at radius 1 is 1.57 bits per heavy atom. The van der Waals surface area contributed by atoms with Gasteiger partial charge in [-0.05, 0) is 6.07 Å². The normalized spacial score (nSPS) is 9.86. The molecule has 0 aliphatic heterocycles. The average Bonchev–Trinajstić information content (AvgIpc) is 2.47. The number of hydrogen-bond acceptors (Lipinski definition) is 6. The maximum Gasteiger partial charge on any atom is 0.514 e. The van der Waals surface area contributed by atoms with E-state index in [0.717, 1.165) is 5.56 Å². The summed E-state index contributed by atoms with van der Waals surface area (Å²) in [6, 6.07) is 1.70. The Labute approximate surface area is 85.4 Å². The molecule has 0 atom stereocenters. The molecule has 0 amide bonds. The number of nitrogen functional groups attached to an aromatic ring is 1. The molecule has 0 spiro atoms. The van der Waals surface area contributed by atoms with Crippen LogP contribution in [0.4, 0.5) is 9.80 Å². The summed E-state index contributed by atoms with van der Waals surface area (Å²) in [6.07, 6.45) is -0.760. The number of hydrogen-bond donors (Lipinski definition) is 1. The van der Waals surface area contributed by atoms with Crippen molar-refractivity contribution in [2.45, 2.75) is 6.61 Å². The van der Waals surface area contributed by atoms with Crippen molar-refractivity contribution >= 4 is 22.5 Å². The highest BCUT2D eigenvalue weighted by Crippen LogP contribution is 2.33. The van der Waals surface area contributed by atoms with E-state index in [1.807, 2.05) is 0 Å². The van der Waals surface area contributed by atoms with Gasteiger partial charge in [0, 0.05) is 12.7 Å². The van der Waals surface area contributed by atoms with E-state index in [1.54, 1.807) is 13.2 Å². The molecule has 0 aliphatic carbocycles. The first-order chi connectivity index (χ1) is 6.67. The maximum atomic E-state index is 10.8. The predicted molar refractivity (Wildman–Crippen MR) is 52.5 cm³/mol. The van der Waals surface area contributed by atoms with Crippen molar-refractivity contribution in [2.24, 2.45) is 0 Å². The summed E-state index contributed by atoms with van der Waals surface area (Å²) < 4.78 is 14.1. The van der Waals surface area contributed by atoms with Gasteiger partial charge in [-0.2, -0.15) is 0 Å². The number of carbonyl (C=O) groups excluding carboxylic acids is 1. The van der Waals surface area contributed by atoms with E-state index >= 15 is 0 Å². The zero-order valence-corrected chi connectivity index (χ0v) is 8.72. The summed E-state index contributed by atoms with van der Waals surface area (Å²) in [6.45, 7) is 0.347. The minimum atomic E-state index is -0.760. The molecule has 0 saturated carbocycles. The van der Waals surface area contributed by atoms with Gasteiger partial charge >= 0.3 is 6.16 Å². The molecule has 2 N–H and O–H groups in total. The number of ether oxygens (including phenoxy) is 3. The quantitative estimate of drug-likeness (QED) is 0.779. The van der Waals surface area contributed by atoms with Gasteiger partial charge in [-0.3, -0.25) is 0 Å². The molecule has 0 bridgehead atoms. The first-order valence-corrected chi connectivity index (χ1v) is 4.62. The molecule has 78 valence electrons. The van der Waals surface area contributed by atoms with Crippen molar-refractivity contribution in [1.29, 1.82) is 0 Å². The van der Waals surface area contributed by atoms with Crippen molar-refractivity contribution in [2.75, 3.05) is 20.0 Å². The monoisotopic (exact) mass is 217 g/mol. The van der Waals surface area contributed by atoms with E-state index in [4.69, 9.17) is 15.2 Å². The van der Waals surface area contributed by atoms with Crippen LogP contribution >= 0.6 is 11.3 Å². The Morgan fingerprint density at radius 3 is 2.86 bits per heavy atom. The number of methoxy groups -OCH3 is 2. The standard InChI is InChI=1S/C8H11NO4S/c1-11-4-5-3-6(9)14-7(5)13-8(10)12-2/h3H,4,9H2,1-2H3. The largest absolute Gasteiger partial charge is 0.514 e. The Morgan fingerprint density at radius 2 is 2.29 bits per heavy atom. The van der Waals surface area contributed by atoms with E-state index in [0.29, 0.717) is 16.7 Å². The zero-order valence-electron chi connectivity index (χ0n) is 7.90. The van der Waals surface area contributed by atoms with Gasteiger partial charge in [-0.25, -0.2) is 4.79 Å². The van der Waals surface area contributed by atoms with Crippen molar-refractivity contribution in [3.63, 3.8) is 0 Å². The summed E-state index contributed by atoms with van der Waals surface area (Å²) in [4.78, 5) is 10.8. The molecule has 0 aliphatic rings. The van der Waals surface area contributed by atoms with Crippen molar-refractivity contribution < 1.29 is 19.0 Å². The summed E-state index contributed by atoms with van der Waals surface area (Å²) in [7, 11) is 2.80. The molecule has 1 heterocycles. The lowest BCUT2D eigenvalue weighted by Crippen LogP contribution is -2.07. The average molecular weight is 217 g/mol. The second-order valence-corrected chi connectivity index (χ2v) is 3.50. The van der Waals surface area contributed by atoms with Crippen LogP contribution in [-0.4, -0.2) is 20.4 Å². The SMILES string of the molecule is COCc1cc(N)sc1OC(=O)OC. The Bertz CT molecular complexity index is 323. The second kappa shape index (κ2) is 4.83. The highest BCUT2D eigenvalue weighted by molar-refractivity contribution is 7.17. The van der Waals surface area contributed by atoms with Crippen LogP contribution in [0.2, 0.25) is 0 Å². The van der Waals surface area contributed by atoms with E-state index in [-0.39, 0.29) is 0 Å². The minimum Gasteiger partial charge on any atom is -0.437 e. The number of thiophene rings is 1. The van der Waals surface area contributed by atoms with Crippen molar-refractivity contribution in [3.05, 3.63) is 11.6 Å². The lowest BCUT2D eigenvalue weighted by atomic mass is 10.3. The van der Waals surface area contributed by atoms with Crippen LogP contribution < -0.4 is 10.5 Å². The van der Waals surface area contributed by atoms with Crippen LogP contribution in [0.25, 0.3) is 0 Å². The fraction of sp³-hybridized carbons (Fsp3) is 0.375. The van der Waals surface area contributed by atoms with Gasteiger partial charge in [-0.15, -0.1) is 0 Å². The Hall–Kier alpha value is -1.27. The maximum absolute atomic E-state index is 10.8. The lowest BCUT2D eigenvalue weighted by Gasteiger charge is -2.02. The van der Waals surface area contributed by atoms with E-state index in [2.05, 4.69) is 4.74 Å². The van der Waals surface area contributed by atoms with Crippen molar-refractivity contribution in [1.82, 2.24) is 0 Å². The molecule has 0 unspecified atom stereocenters. The highest BCUT2D eigenvalue weighted by Gasteiger charge is 2.12. The Kier molecular flexibility index (Phi) is 3.73. The highest BCUT2D eigenvalue weighted by atomic mass is 32.1. The molecule has 1 aromatic rings. The number of rotatable bonds is 3. The summed E-state index contributed by atoms with van der Waals surface area (Å²) in [5, 5.41) is 0.979. The van der Waals surface area contributed by atoms with Crippen LogP contribution in [0.15, 0.2) is 6.07 Å². The van der Waals surface area contributed by atoms with Crippen LogP contribution in [-0.2, 0) is 16.1 Å². The number of anilines is 1. The van der Waals surface area contributed by atoms with Gasteiger partial charge in [0.15, 0.2) is 5.06 Å². The fourth-order valence-corrected chi connectivity index (χ4v) is 1.67. The first kappa shape index (κ1) is 10.8. The van der Waals surface area contributed by atoms with Crippen LogP contribution in [0.5, 0.6) is 5.06 Å². The summed E-state index contributed by atoms with van der Waals surface area (Å²) in [5.74, 6) is 0. The summed E-state index contributed by atoms with van der Waals surface area (Å²) >= 11 is 1.17. The molecule has 0 aromatic carbocycles. The minimum absolute atomic E-state index is 0.347. The van der Waals surface area contributed by atoms with E-state index in [9.17, 15) is 4.79 Å². The molecule has 0 saturated heterocycles. The third-order valence-corrected chi connectivity index (χ3v) is 2.32. The first-order valence-electron chi connectivity index (χ1n) is 3.80. The molecular weight excluding hydrogens is 206 g/mol. The van der Waals surface area contributed by atoms with E-state index in [1.165, 1.54) is 18.4 Å². The smallest absolute Gasteiger partial charge is 0.437 e. The lowest BCUT2D eigenvalue weighted by molar-refractivity contribution is 0.121. The van der Waals surface area contributed by atoms with E-state index < -0.39 is 6.16 Å². The molecule has 1 aromatic heterocycles. The summed E-state index contributed by atoms with van der Waals surface area (Å²) in [5.41, 5.74) is 6.29. The molecule has 1 rings (SSSR count). The third-order valence-electron chi connectivity index (χ3n) is 1.43. The molecule has 0 radical (unpaired) electrons. The fourth-order valence-electron chi connectivity index (χ4n) is 0.893. The topological polar surface area (TPSA) is 70.8 Å². The van der Waals surface area contributed by atoms with Gasteiger partial charge in [0.2, 0.25) is 0 Å². The third kappa shape index (κ3) is 2.61. The second-order valence-electron chi connectivity index (χ2n) is 2.45. The van der Waals surface area contributed by atoms with Gasteiger partial charge in [0.1, 0.15) is 0 Å². The van der Waals surface area contributed by atoms with Crippen LogP contribution in [0, 0.1) is 0 Å². The van der Waals surface area contributed by atoms with Crippen molar-refractivity contribution in [3.8, 4) is 5.06 Å². The molecule has 14 heavy (non-hydrogen) atoms. The van der Waals surface area contributed by atoms with Gasteiger partial charge in [-0.1, -0.05) is 11.3 Å². The number of nitrogens with two attached hydrogens (primary N) is 1. The number of carbonyl (C=O) groups is 1. The molecular formula is C8H11NO4S. The van der Waals surface area contributed by atoms with Crippen LogP contribution in [0.3, 0.4) is 0 Å². The zero-order chi connectivity index (χ0) is 10.6. The molecule has 6 heteroatoms. The molecule has 0 fully saturated rings. The van der Waals surface area contributed by atoms with Gasteiger partial charge in [0.25, 0.3) is 0 Å². The van der Waals surface area contributed by atoms with Gasteiger partial charge < -0.3 is 19.9 Å². The molecule has 5 nitrogen and oxygen atoms in total. The van der Waals surface area contributed by atoms with Crippen LogP contribution in [0.1, 0.15) is 5.56 Å².